The summed E-state index contributed by atoms with van der Waals surface area (Å²) >= 11 is 10.9. The molecule has 0 N–H and O–H groups in total. The van der Waals surface area contributed by atoms with Gasteiger partial charge in [0.1, 0.15) is 11.5 Å². The summed E-state index contributed by atoms with van der Waals surface area (Å²) in [6.45, 7) is 22.7. The molecule has 6 aromatic rings. The molecule has 1 atom stereocenters. The van der Waals surface area contributed by atoms with Gasteiger partial charge in [0.25, 0.3) is 0 Å². The number of benzene rings is 6. The molecule has 1 aliphatic heterocycles. The predicted molar refractivity (Wildman–Crippen MR) is 245 cm³/mol. The Bertz CT molecular complexity index is 2510. The fourth-order valence-electron chi connectivity index (χ4n) is 8.52. The van der Waals surface area contributed by atoms with E-state index in [1.807, 2.05) is 0 Å². The molecule has 0 bridgehead atoms. The fraction of sp³-hybridized carbons (Fsp3) is 0.360. The molecule has 3 nitrogen and oxygen atoms in total. The maximum absolute atomic E-state index is 14.9. The maximum Gasteiger partial charge on any atom is 0.530 e. The second-order valence-corrected chi connectivity index (χ2v) is 20.9. The van der Waals surface area contributed by atoms with Crippen LogP contribution in [0.1, 0.15) is 152 Å². The van der Waals surface area contributed by atoms with Gasteiger partial charge in [0.15, 0.2) is 0 Å². The van der Waals surface area contributed by atoms with Crippen LogP contribution < -0.4 is 9.05 Å². The molecule has 0 spiro atoms. The van der Waals surface area contributed by atoms with E-state index < -0.39 is 6.95 Å². The lowest BCUT2D eigenvalue weighted by Gasteiger charge is -2.26. The van der Waals surface area contributed by atoms with Crippen LogP contribution in [0.2, 0.25) is 0 Å². The van der Waals surface area contributed by atoms with Crippen LogP contribution in [-0.4, -0.2) is 0 Å². The van der Waals surface area contributed by atoms with Crippen LogP contribution in [0.3, 0.4) is 0 Å². The highest BCUT2D eigenvalue weighted by molar-refractivity contribution is 9.10. The summed E-state index contributed by atoms with van der Waals surface area (Å²) in [7, 11) is 0. The van der Waals surface area contributed by atoms with Crippen molar-refractivity contribution in [2.75, 3.05) is 0 Å². The van der Waals surface area contributed by atoms with E-state index >= 15 is 0 Å². The first-order valence-electron chi connectivity index (χ1n) is 20.3. The van der Waals surface area contributed by atoms with E-state index in [1.54, 1.807) is 0 Å². The van der Waals surface area contributed by atoms with E-state index in [0.29, 0.717) is 23.3 Å². The molecule has 6 heteroatoms. The first-order chi connectivity index (χ1) is 26.4. The van der Waals surface area contributed by atoms with Gasteiger partial charge in [-0.3, -0.25) is 0 Å². The molecular formula is C50H55BrClO3P. The quantitative estimate of drug-likeness (QED) is 0.143. The minimum atomic E-state index is -4.30. The summed E-state index contributed by atoms with van der Waals surface area (Å²) in [5.74, 6) is 2.53. The van der Waals surface area contributed by atoms with E-state index in [4.69, 9.17) is 20.3 Å². The van der Waals surface area contributed by atoms with Gasteiger partial charge in [-0.2, -0.15) is 0 Å². The zero-order valence-electron chi connectivity index (χ0n) is 34.9. The van der Waals surface area contributed by atoms with Crippen molar-refractivity contribution in [1.29, 1.82) is 0 Å². The monoisotopic (exact) mass is 848 g/mol. The predicted octanol–water partition coefficient (Wildman–Crippen LogP) is 17.6. The third kappa shape index (κ3) is 7.25. The summed E-state index contributed by atoms with van der Waals surface area (Å²) in [5, 5.41) is 4.04. The SMILES string of the molecule is CC(C)c1cc(C(C)C)c(-c2cc3ccccc3c3c2OP(=O)(Cl)Oc2c(-c4c(C(C)C)cc(C(C)C)cc4C(C)C)cc4cc(Br)ccc4c2-3)c(C(C)C)c1. The standard InChI is InChI=1S/C50H55BrClO3P/c1-26(2)33-21-39(28(5)6)45(40(22-33)29(7)8)43-20-32-15-13-14-16-37(32)47-48-38-18-17-36(51)19-35(38)25-44(50(48)55-56(52,53)54-49(43)47)46-41(30(9)10)23-34(27(3)4)24-42(46)31(11)12/h13-31H,1-12H3. The third-order valence-electron chi connectivity index (χ3n) is 11.5. The topological polar surface area (TPSA) is 35.5 Å². The van der Waals surface area contributed by atoms with Crippen molar-refractivity contribution in [3.63, 3.8) is 0 Å². The van der Waals surface area contributed by atoms with Gasteiger partial charge in [-0.05, 0) is 126 Å². The van der Waals surface area contributed by atoms with Gasteiger partial charge in [0, 0.05) is 38.0 Å². The summed E-state index contributed by atoms with van der Waals surface area (Å²) in [5.41, 5.74) is 13.1. The minimum absolute atomic E-state index is 0.206. The van der Waals surface area contributed by atoms with Crippen molar-refractivity contribution in [3.8, 4) is 44.9 Å². The van der Waals surface area contributed by atoms with Crippen molar-refractivity contribution in [1.82, 2.24) is 0 Å². The number of hydrogen-bond donors (Lipinski definition) is 0. The van der Waals surface area contributed by atoms with Crippen molar-refractivity contribution in [2.45, 2.75) is 119 Å². The van der Waals surface area contributed by atoms with Gasteiger partial charge in [-0.15, -0.1) is 0 Å². The Morgan fingerprint density at radius 2 is 0.875 bits per heavy atom. The van der Waals surface area contributed by atoms with Gasteiger partial charge < -0.3 is 9.05 Å². The Hall–Kier alpha value is -3.56. The van der Waals surface area contributed by atoms with Gasteiger partial charge in [0.2, 0.25) is 0 Å². The average molecular weight is 850 g/mol. The second-order valence-electron chi connectivity index (χ2n) is 17.5. The molecule has 0 aliphatic carbocycles. The molecule has 0 saturated carbocycles. The molecule has 56 heavy (non-hydrogen) atoms. The average Bonchev–Trinajstić information content (AvgIpc) is 3.26. The molecular weight excluding hydrogens is 795 g/mol. The van der Waals surface area contributed by atoms with E-state index in [2.05, 4.69) is 178 Å². The van der Waals surface area contributed by atoms with Crippen LogP contribution in [0.25, 0.3) is 54.9 Å². The molecule has 0 amide bonds. The van der Waals surface area contributed by atoms with Crippen LogP contribution in [0.15, 0.2) is 83.3 Å². The molecule has 7 rings (SSSR count). The molecule has 0 radical (unpaired) electrons. The summed E-state index contributed by atoms with van der Waals surface area (Å²) in [4.78, 5) is 0. The van der Waals surface area contributed by atoms with Crippen LogP contribution >= 0.6 is 34.1 Å². The highest BCUT2D eigenvalue weighted by Gasteiger charge is 2.39. The lowest BCUT2D eigenvalue weighted by molar-refractivity contribution is 0.413. The van der Waals surface area contributed by atoms with Crippen molar-refractivity contribution in [3.05, 3.63) is 117 Å². The Kier molecular flexibility index (Phi) is 11.1. The Morgan fingerprint density at radius 3 is 1.29 bits per heavy atom. The van der Waals surface area contributed by atoms with Gasteiger partial charge >= 0.3 is 6.95 Å². The second kappa shape index (κ2) is 15.3. The number of hydrogen-bond acceptors (Lipinski definition) is 3. The van der Waals surface area contributed by atoms with E-state index in [9.17, 15) is 4.57 Å². The van der Waals surface area contributed by atoms with Gasteiger partial charge in [-0.25, -0.2) is 4.57 Å². The largest absolute Gasteiger partial charge is 0.530 e. The number of rotatable bonds is 8. The molecule has 6 aromatic carbocycles. The molecule has 0 saturated heterocycles. The summed E-state index contributed by atoms with van der Waals surface area (Å²) in [6.07, 6.45) is 0. The zero-order chi connectivity index (χ0) is 40.5. The van der Waals surface area contributed by atoms with E-state index in [1.165, 1.54) is 33.4 Å². The first-order valence-corrected chi connectivity index (χ1v) is 23.5. The van der Waals surface area contributed by atoms with E-state index in [-0.39, 0.29) is 23.7 Å². The Morgan fingerprint density at radius 1 is 0.482 bits per heavy atom. The van der Waals surface area contributed by atoms with Gasteiger partial charge in [-0.1, -0.05) is 154 Å². The molecule has 1 aliphatic rings. The minimum Gasteiger partial charge on any atom is -0.403 e. The maximum atomic E-state index is 14.9. The van der Waals surface area contributed by atoms with Crippen LogP contribution in [0.4, 0.5) is 0 Å². The highest BCUT2D eigenvalue weighted by atomic mass is 79.9. The lowest BCUT2D eigenvalue weighted by atomic mass is 9.78. The number of fused-ring (bicyclic) bond motifs is 7. The molecule has 1 heterocycles. The normalized spacial score (nSPS) is 15.6. The fourth-order valence-corrected chi connectivity index (χ4v) is 10.2. The summed E-state index contributed by atoms with van der Waals surface area (Å²) < 4.78 is 29.4. The van der Waals surface area contributed by atoms with Crippen molar-refractivity contribution < 1.29 is 13.6 Å². The van der Waals surface area contributed by atoms with Crippen LogP contribution in [0, 0.1) is 0 Å². The summed E-state index contributed by atoms with van der Waals surface area (Å²) in [6, 6.07) is 28.6. The molecule has 292 valence electrons. The number of halogens is 2. The molecule has 1 unspecified atom stereocenters. The first kappa shape index (κ1) is 40.6. The van der Waals surface area contributed by atoms with Crippen molar-refractivity contribution in [2.24, 2.45) is 0 Å². The van der Waals surface area contributed by atoms with Crippen LogP contribution in [0.5, 0.6) is 11.5 Å². The third-order valence-corrected chi connectivity index (χ3v) is 13.2. The van der Waals surface area contributed by atoms with Gasteiger partial charge in [0.05, 0.1) is 0 Å². The lowest BCUT2D eigenvalue weighted by Crippen LogP contribution is -2.05. The zero-order valence-corrected chi connectivity index (χ0v) is 38.1. The van der Waals surface area contributed by atoms with E-state index in [0.717, 1.165) is 59.4 Å². The van der Waals surface area contributed by atoms with Crippen molar-refractivity contribution >= 4 is 55.7 Å². The smallest absolute Gasteiger partial charge is 0.403 e. The Labute approximate surface area is 347 Å². The Balaban J connectivity index is 1.74. The molecule has 0 aromatic heterocycles. The molecule has 0 fully saturated rings. The van der Waals surface area contributed by atoms with Crippen LogP contribution in [-0.2, 0) is 4.57 Å². The highest BCUT2D eigenvalue weighted by Crippen LogP contribution is 2.66.